The molecule has 0 aliphatic heterocycles. The molecule has 1 saturated carbocycles. The second-order valence-corrected chi connectivity index (χ2v) is 4.62. The SMILES string of the molecule is COc1ccccc1OCC(N)(C(N)=O)C1CC1. The zero-order chi connectivity index (χ0) is 13.2. The van der Waals surface area contributed by atoms with Crippen LogP contribution in [0.2, 0.25) is 0 Å². The van der Waals surface area contributed by atoms with E-state index in [1.807, 2.05) is 12.1 Å². The van der Waals surface area contributed by atoms with Crippen molar-refractivity contribution in [2.24, 2.45) is 17.4 Å². The lowest BCUT2D eigenvalue weighted by Gasteiger charge is -2.26. The van der Waals surface area contributed by atoms with E-state index < -0.39 is 11.4 Å². The van der Waals surface area contributed by atoms with E-state index in [9.17, 15) is 4.79 Å². The lowest BCUT2D eigenvalue weighted by atomic mass is 9.95. The zero-order valence-electron chi connectivity index (χ0n) is 10.4. The largest absolute Gasteiger partial charge is 0.493 e. The summed E-state index contributed by atoms with van der Waals surface area (Å²) in [6.45, 7) is 0.0768. The molecule has 1 unspecified atom stereocenters. The number of carbonyl (C=O) groups excluding carboxylic acids is 1. The number of benzene rings is 1. The van der Waals surface area contributed by atoms with E-state index in [1.165, 1.54) is 0 Å². The second kappa shape index (κ2) is 4.86. The maximum atomic E-state index is 11.5. The van der Waals surface area contributed by atoms with Gasteiger partial charge < -0.3 is 20.9 Å². The molecule has 1 aliphatic rings. The molecule has 98 valence electrons. The molecule has 1 aliphatic carbocycles. The smallest absolute Gasteiger partial charge is 0.241 e. The average Bonchev–Trinajstić information content (AvgIpc) is 3.20. The van der Waals surface area contributed by atoms with Gasteiger partial charge in [-0.2, -0.15) is 0 Å². The van der Waals surface area contributed by atoms with Crippen LogP contribution in [0.1, 0.15) is 12.8 Å². The van der Waals surface area contributed by atoms with Gasteiger partial charge in [0.05, 0.1) is 7.11 Å². The normalized spacial score (nSPS) is 17.9. The van der Waals surface area contributed by atoms with Crippen LogP contribution >= 0.6 is 0 Å². The number of carbonyl (C=O) groups is 1. The summed E-state index contributed by atoms with van der Waals surface area (Å²) in [6.07, 6.45) is 1.85. The van der Waals surface area contributed by atoms with Crippen molar-refractivity contribution in [3.8, 4) is 11.5 Å². The lowest BCUT2D eigenvalue weighted by molar-refractivity contribution is -0.125. The van der Waals surface area contributed by atoms with Crippen LogP contribution in [0.25, 0.3) is 0 Å². The summed E-state index contributed by atoms with van der Waals surface area (Å²) in [5.41, 5.74) is 10.3. The Hall–Kier alpha value is -1.75. The molecular formula is C13H18N2O3. The second-order valence-electron chi connectivity index (χ2n) is 4.62. The molecule has 5 heteroatoms. The van der Waals surface area contributed by atoms with E-state index in [1.54, 1.807) is 19.2 Å². The molecule has 0 spiro atoms. The van der Waals surface area contributed by atoms with E-state index in [0.29, 0.717) is 11.5 Å². The molecule has 18 heavy (non-hydrogen) atoms. The molecule has 1 aromatic rings. The van der Waals surface area contributed by atoms with Gasteiger partial charge in [0.2, 0.25) is 5.91 Å². The Labute approximate surface area is 106 Å². The van der Waals surface area contributed by atoms with Crippen molar-refractivity contribution < 1.29 is 14.3 Å². The standard InChI is InChI=1S/C13H18N2O3/c1-17-10-4-2-3-5-11(10)18-8-13(15,12(14)16)9-6-7-9/h2-5,9H,6-8,15H2,1H3,(H2,14,16). The molecule has 0 saturated heterocycles. The topological polar surface area (TPSA) is 87.6 Å². The fourth-order valence-corrected chi connectivity index (χ4v) is 1.92. The average molecular weight is 250 g/mol. The van der Waals surface area contributed by atoms with Crippen LogP contribution in [0, 0.1) is 5.92 Å². The third-order valence-corrected chi connectivity index (χ3v) is 3.30. The van der Waals surface area contributed by atoms with Crippen molar-refractivity contribution >= 4 is 5.91 Å². The van der Waals surface area contributed by atoms with Crippen LogP contribution in [-0.4, -0.2) is 25.2 Å². The van der Waals surface area contributed by atoms with Crippen LogP contribution in [0.4, 0.5) is 0 Å². The number of primary amides is 1. The minimum absolute atomic E-state index is 0.0768. The first-order chi connectivity index (χ1) is 8.58. The van der Waals surface area contributed by atoms with Gasteiger partial charge in [-0.25, -0.2) is 0 Å². The van der Waals surface area contributed by atoms with Crippen molar-refractivity contribution in [3.63, 3.8) is 0 Å². The predicted molar refractivity (Wildman–Crippen MR) is 67.3 cm³/mol. The van der Waals surface area contributed by atoms with Crippen molar-refractivity contribution in [1.82, 2.24) is 0 Å². The molecule has 4 N–H and O–H groups in total. The van der Waals surface area contributed by atoms with Gasteiger partial charge >= 0.3 is 0 Å². The molecule has 2 rings (SSSR count). The predicted octanol–water partition coefficient (Wildman–Crippen LogP) is 0.667. The zero-order valence-corrected chi connectivity index (χ0v) is 10.4. The van der Waals surface area contributed by atoms with Gasteiger partial charge in [-0.05, 0) is 30.9 Å². The van der Waals surface area contributed by atoms with Gasteiger partial charge in [-0.15, -0.1) is 0 Å². The molecule has 0 aromatic heterocycles. The highest BCUT2D eigenvalue weighted by Gasteiger charge is 2.47. The number of nitrogens with two attached hydrogens (primary N) is 2. The summed E-state index contributed by atoms with van der Waals surface area (Å²) in [6, 6.07) is 7.23. The number of hydrogen-bond donors (Lipinski definition) is 2. The van der Waals surface area contributed by atoms with Crippen LogP contribution in [-0.2, 0) is 4.79 Å². The number of para-hydroxylation sites is 2. The van der Waals surface area contributed by atoms with Crippen LogP contribution in [0.15, 0.2) is 24.3 Å². The Kier molecular flexibility index (Phi) is 3.43. The fourth-order valence-electron chi connectivity index (χ4n) is 1.92. The Morgan fingerprint density at radius 1 is 1.39 bits per heavy atom. The molecule has 1 amide bonds. The Morgan fingerprint density at radius 2 is 2.00 bits per heavy atom. The lowest BCUT2D eigenvalue weighted by Crippen LogP contribution is -2.58. The Bertz CT molecular complexity index is 446. The number of methoxy groups -OCH3 is 1. The summed E-state index contributed by atoms with van der Waals surface area (Å²) in [5.74, 6) is 0.793. The summed E-state index contributed by atoms with van der Waals surface area (Å²) >= 11 is 0. The van der Waals surface area contributed by atoms with Crippen LogP contribution in [0.5, 0.6) is 11.5 Å². The molecular weight excluding hydrogens is 232 g/mol. The van der Waals surface area contributed by atoms with E-state index in [4.69, 9.17) is 20.9 Å². The minimum Gasteiger partial charge on any atom is -0.493 e. The van der Waals surface area contributed by atoms with Crippen molar-refractivity contribution in [2.75, 3.05) is 13.7 Å². The van der Waals surface area contributed by atoms with E-state index in [2.05, 4.69) is 0 Å². The number of ether oxygens (including phenoxy) is 2. The quantitative estimate of drug-likeness (QED) is 0.776. The molecule has 1 atom stereocenters. The van der Waals surface area contributed by atoms with Gasteiger partial charge in [-0.1, -0.05) is 12.1 Å². The van der Waals surface area contributed by atoms with Crippen LogP contribution in [0.3, 0.4) is 0 Å². The highest BCUT2D eigenvalue weighted by molar-refractivity contribution is 5.85. The van der Waals surface area contributed by atoms with Gasteiger partial charge in [0.15, 0.2) is 11.5 Å². The molecule has 5 nitrogen and oxygen atoms in total. The maximum absolute atomic E-state index is 11.5. The van der Waals surface area contributed by atoms with Gasteiger partial charge in [0.25, 0.3) is 0 Å². The number of amides is 1. The van der Waals surface area contributed by atoms with Gasteiger partial charge in [0, 0.05) is 0 Å². The summed E-state index contributed by atoms with van der Waals surface area (Å²) < 4.78 is 10.8. The summed E-state index contributed by atoms with van der Waals surface area (Å²) in [5, 5.41) is 0. The van der Waals surface area contributed by atoms with E-state index in [0.717, 1.165) is 12.8 Å². The number of hydrogen-bond acceptors (Lipinski definition) is 4. The fraction of sp³-hybridized carbons (Fsp3) is 0.462. The van der Waals surface area contributed by atoms with Gasteiger partial charge in [0.1, 0.15) is 12.1 Å². The molecule has 1 aromatic carbocycles. The van der Waals surface area contributed by atoms with E-state index >= 15 is 0 Å². The van der Waals surface area contributed by atoms with Gasteiger partial charge in [-0.3, -0.25) is 4.79 Å². The van der Waals surface area contributed by atoms with Crippen molar-refractivity contribution in [3.05, 3.63) is 24.3 Å². The maximum Gasteiger partial charge on any atom is 0.241 e. The first kappa shape index (κ1) is 12.7. The van der Waals surface area contributed by atoms with Crippen LogP contribution < -0.4 is 20.9 Å². The third-order valence-electron chi connectivity index (χ3n) is 3.30. The molecule has 0 heterocycles. The first-order valence-corrected chi connectivity index (χ1v) is 5.92. The summed E-state index contributed by atoms with van der Waals surface area (Å²) in [4.78, 5) is 11.5. The molecule has 0 radical (unpaired) electrons. The third kappa shape index (κ3) is 2.41. The summed E-state index contributed by atoms with van der Waals surface area (Å²) in [7, 11) is 1.56. The monoisotopic (exact) mass is 250 g/mol. The highest BCUT2D eigenvalue weighted by Crippen LogP contribution is 2.39. The first-order valence-electron chi connectivity index (χ1n) is 5.92. The minimum atomic E-state index is -1.08. The molecule has 0 bridgehead atoms. The van der Waals surface area contributed by atoms with Crippen molar-refractivity contribution in [1.29, 1.82) is 0 Å². The Balaban J connectivity index is 2.08. The number of rotatable bonds is 6. The Morgan fingerprint density at radius 3 is 2.50 bits per heavy atom. The highest BCUT2D eigenvalue weighted by atomic mass is 16.5. The van der Waals surface area contributed by atoms with E-state index in [-0.39, 0.29) is 12.5 Å². The molecule has 1 fully saturated rings. The van der Waals surface area contributed by atoms with Crippen molar-refractivity contribution in [2.45, 2.75) is 18.4 Å².